The molecule has 0 unspecified atom stereocenters. The van der Waals surface area contributed by atoms with Crippen molar-refractivity contribution >= 4 is 49.4 Å². The molecule has 1 nitrogen and oxygen atoms in total. The van der Waals surface area contributed by atoms with E-state index in [0.717, 1.165) is 17.1 Å². The third kappa shape index (κ3) is 6.08. The fourth-order valence-corrected chi connectivity index (χ4v) is 10.6. The van der Waals surface area contributed by atoms with E-state index in [1.165, 1.54) is 99.1 Å². The highest BCUT2D eigenvalue weighted by Crippen LogP contribution is 2.52. The van der Waals surface area contributed by atoms with Gasteiger partial charge in [0.1, 0.15) is 0 Å². The first-order valence-corrected chi connectivity index (χ1v) is 22.3. The van der Waals surface area contributed by atoms with E-state index in [2.05, 4.69) is 255 Å². The Labute approximate surface area is 375 Å². The molecule has 11 aromatic carbocycles. The van der Waals surface area contributed by atoms with Crippen LogP contribution in [0.4, 0.5) is 17.1 Å². The molecule has 0 heterocycles. The lowest BCUT2D eigenvalue weighted by Gasteiger charge is -2.26. The van der Waals surface area contributed by atoms with Crippen molar-refractivity contribution in [3.05, 3.63) is 248 Å². The molecule has 0 saturated heterocycles. The van der Waals surface area contributed by atoms with Gasteiger partial charge >= 0.3 is 0 Å². The second-order valence-corrected chi connectivity index (χ2v) is 17.6. The molecule has 0 fully saturated rings. The van der Waals surface area contributed by atoms with Gasteiger partial charge in [0.15, 0.2) is 0 Å². The Kier molecular flexibility index (Phi) is 8.91. The largest absolute Gasteiger partial charge is 0.311 e. The topological polar surface area (TPSA) is 3.24 Å². The Morgan fingerprint density at radius 2 is 0.766 bits per heavy atom. The number of rotatable bonds is 7. The van der Waals surface area contributed by atoms with Crippen molar-refractivity contribution in [3.8, 4) is 55.6 Å². The number of nitrogens with zero attached hydrogens (tertiary/aromatic N) is 1. The maximum Gasteiger partial charge on any atom is 0.0462 e. The molecule has 0 spiro atoms. The maximum atomic E-state index is 2.46. The van der Waals surface area contributed by atoms with Crippen LogP contribution in [0.15, 0.2) is 237 Å². The van der Waals surface area contributed by atoms with Gasteiger partial charge in [-0.05, 0) is 154 Å². The normalized spacial score (nSPS) is 12.7. The number of benzene rings is 11. The Hall–Kier alpha value is -8.00. The maximum absolute atomic E-state index is 2.46. The number of para-hydroxylation sites is 2. The van der Waals surface area contributed by atoms with Crippen LogP contribution in [0.3, 0.4) is 0 Å². The highest BCUT2D eigenvalue weighted by atomic mass is 15.1. The molecular weight excluding hydrogens is 771 g/mol. The molecule has 302 valence electrons. The average molecular weight is 816 g/mol. The number of fused-ring (bicyclic) bond motifs is 9. The summed E-state index contributed by atoms with van der Waals surface area (Å²) < 4.78 is 0. The molecule has 0 N–H and O–H groups in total. The van der Waals surface area contributed by atoms with Crippen LogP contribution in [-0.2, 0) is 5.41 Å². The van der Waals surface area contributed by atoms with E-state index in [4.69, 9.17) is 0 Å². The van der Waals surface area contributed by atoms with Gasteiger partial charge in [0.05, 0.1) is 0 Å². The van der Waals surface area contributed by atoms with Crippen LogP contribution in [0.25, 0.3) is 88.0 Å². The van der Waals surface area contributed by atoms with Crippen LogP contribution in [0, 0.1) is 0 Å². The smallest absolute Gasteiger partial charge is 0.0462 e. The van der Waals surface area contributed by atoms with Crippen LogP contribution in [0.5, 0.6) is 0 Å². The van der Waals surface area contributed by atoms with Crippen molar-refractivity contribution in [3.63, 3.8) is 0 Å². The van der Waals surface area contributed by atoms with Gasteiger partial charge in [-0.25, -0.2) is 0 Å². The third-order valence-corrected chi connectivity index (χ3v) is 13.6. The predicted octanol–water partition coefficient (Wildman–Crippen LogP) is 17.6. The number of hydrogen-bond acceptors (Lipinski definition) is 1. The first kappa shape index (κ1) is 37.7. The molecule has 0 bridgehead atoms. The van der Waals surface area contributed by atoms with E-state index in [1.54, 1.807) is 0 Å². The number of anilines is 3. The zero-order chi connectivity index (χ0) is 42.8. The average Bonchev–Trinajstić information content (AvgIpc) is 3.60. The molecule has 1 aliphatic rings. The van der Waals surface area contributed by atoms with Crippen LogP contribution < -0.4 is 4.90 Å². The Balaban J connectivity index is 1.13. The second kappa shape index (κ2) is 15.1. The van der Waals surface area contributed by atoms with Gasteiger partial charge in [-0.15, -0.1) is 0 Å². The van der Waals surface area contributed by atoms with Crippen molar-refractivity contribution < 1.29 is 0 Å². The molecule has 0 saturated carbocycles. The SMILES string of the molecule is CC1(C)c2ccccc2-c2ccc(-c3ccc4c(c3)c3ccccc3c3c(-c5ccc(N(c6ccccc6)c6ccccc6)cc5)c(-c5ccccc5)cc(-c5ccccc5)c43)cc21. The van der Waals surface area contributed by atoms with Crippen molar-refractivity contribution in [1.29, 1.82) is 0 Å². The summed E-state index contributed by atoms with van der Waals surface area (Å²) in [6.45, 7) is 4.73. The highest BCUT2D eigenvalue weighted by Gasteiger charge is 2.35. The quantitative estimate of drug-likeness (QED) is 0.145. The monoisotopic (exact) mass is 815 g/mol. The van der Waals surface area contributed by atoms with Crippen LogP contribution in [0.2, 0.25) is 0 Å². The van der Waals surface area contributed by atoms with E-state index < -0.39 is 0 Å². The fourth-order valence-electron chi connectivity index (χ4n) is 10.6. The summed E-state index contributed by atoms with van der Waals surface area (Å²) >= 11 is 0. The van der Waals surface area contributed by atoms with Crippen molar-refractivity contribution in [1.82, 2.24) is 0 Å². The Morgan fingerprint density at radius 1 is 0.281 bits per heavy atom. The summed E-state index contributed by atoms with van der Waals surface area (Å²) in [5, 5.41) is 7.55. The zero-order valence-corrected chi connectivity index (χ0v) is 36.0. The summed E-state index contributed by atoms with van der Waals surface area (Å²) in [7, 11) is 0. The lowest BCUT2D eigenvalue weighted by molar-refractivity contribution is 0.660. The van der Waals surface area contributed by atoms with Gasteiger partial charge < -0.3 is 4.90 Å². The van der Waals surface area contributed by atoms with Crippen LogP contribution >= 0.6 is 0 Å². The lowest BCUT2D eigenvalue weighted by atomic mass is 9.80. The molecule has 0 atom stereocenters. The Bertz CT molecular complexity index is 3500. The van der Waals surface area contributed by atoms with Crippen molar-refractivity contribution in [2.75, 3.05) is 4.90 Å². The molecule has 0 amide bonds. The third-order valence-electron chi connectivity index (χ3n) is 13.6. The summed E-state index contributed by atoms with van der Waals surface area (Å²) in [5.41, 5.74) is 18.5. The van der Waals surface area contributed by atoms with Gasteiger partial charge in [-0.2, -0.15) is 0 Å². The summed E-state index contributed by atoms with van der Waals surface area (Å²) in [5.74, 6) is 0. The Morgan fingerprint density at radius 3 is 1.44 bits per heavy atom. The first-order chi connectivity index (χ1) is 31.5. The van der Waals surface area contributed by atoms with Gasteiger partial charge in [0, 0.05) is 22.5 Å². The van der Waals surface area contributed by atoms with E-state index >= 15 is 0 Å². The predicted molar refractivity (Wildman–Crippen MR) is 273 cm³/mol. The molecule has 0 aliphatic heterocycles. The molecule has 0 aromatic heterocycles. The number of hydrogen-bond donors (Lipinski definition) is 0. The van der Waals surface area contributed by atoms with E-state index in [1.807, 2.05) is 0 Å². The summed E-state index contributed by atoms with van der Waals surface area (Å²) in [4.78, 5) is 2.33. The highest BCUT2D eigenvalue weighted by molar-refractivity contribution is 6.33. The van der Waals surface area contributed by atoms with Gasteiger partial charge in [-0.1, -0.05) is 196 Å². The van der Waals surface area contributed by atoms with Gasteiger partial charge in [0.2, 0.25) is 0 Å². The second-order valence-electron chi connectivity index (χ2n) is 17.6. The fraction of sp³-hybridized carbons (Fsp3) is 0.0476. The zero-order valence-electron chi connectivity index (χ0n) is 36.0. The minimum absolute atomic E-state index is 0.0707. The molecule has 11 aromatic rings. The summed E-state index contributed by atoms with van der Waals surface area (Å²) in [6, 6.07) is 87.2. The van der Waals surface area contributed by atoms with E-state index in [-0.39, 0.29) is 5.41 Å². The van der Waals surface area contributed by atoms with Crippen LogP contribution in [-0.4, -0.2) is 0 Å². The van der Waals surface area contributed by atoms with E-state index in [9.17, 15) is 0 Å². The van der Waals surface area contributed by atoms with E-state index in [0.29, 0.717) is 0 Å². The first-order valence-electron chi connectivity index (χ1n) is 22.3. The molecule has 0 radical (unpaired) electrons. The van der Waals surface area contributed by atoms with Gasteiger partial charge in [0.25, 0.3) is 0 Å². The molecule has 1 heteroatoms. The van der Waals surface area contributed by atoms with Gasteiger partial charge in [-0.3, -0.25) is 0 Å². The minimum Gasteiger partial charge on any atom is -0.311 e. The lowest BCUT2D eigenvalue weighted by Crippen LogP contribution is -2.14. The van der Waals surface area contributed by atoms with Crippen molar-refractivity contribution in [2.45, 2.75) is 19.3 Å². The molecule has 64 heavy (non-hydrogen) atoms. The summed E-state index contributed by atoms with van der Waals surface area (Å²) in [6.07, 6.45) is 0. The van der Waals surface area contributed by atoms with Crippen molar-refractivity contribution in [2.24, 2.45) is 0 Å². The van der Waals surface area contributed by atoms with Crippen LogP contribution in [0.1, 0.15) is 25.0 Å². The molecular formula is C63H45N. The standard InChI is InChI=1S/C63H45N/c1-63(2)58-30-18-17-28-51(58)52-37-33-46(40-59(52)63)45-34-38-54-57(39-45)50-27-15-16-29-53(50)62-60(55(42-19-7-3-8-20-42)41-56(61(54)62)43-21-9-4-10-22-43)44-31-35-49(36-32-44)64(47-23-11-5-12-24-47)48-25-13-6-14-26-48/h3-41H,1-2H3. The minimum atomic E-state index is -0.0707. The molecule has 12 rings (SSSR count). The molecule has 1 aliphatic carbocycles.